The summed E-state index contributed by atoms with van der Waals surface area (Å²) in [5, 5.41) is 8.12. The van der Waals surface area contributed by atoms with Gasteiger partial charge in [0.25, 0.3) is 0 Å². The topological polar surface area (TPSA) is 74.3 Å². The van der Waals surface area contributed by atoms with Crippen molar-refractivity contribution in [2.75, 3.05) is 18.4 Å². The largest absolute Gasteiger partial charge is 0.344 e. The van der Waals surface area contributed by atoms with E-state index in [4.69, 9.17) is 0 Å². The van der Waals surface area contributed by atoms with Crippen LogP contribution < -0.4 is 10.6 Å². The number of aromatic nitrogens is 1. The van der Waals surface area contributed by atoms with Gasteiger partial charge in [-0.2, -0.15) is 0 Å². The summed E-state index contributed by atoms with van der Waals surface area (Å²) in [6, 6.07) is -0.544. The van der Waals surface area contributed by atoms with Gasteiger partial charge in [-0.15, -0.1) is 11.3 Å². The van der Waals surface area contributed by atoms with Gasteiger partial charge in [-0.25, -0.2) is 4.98 Å². The second-order valence-electron chi connectivity index (χ2n) is 7.04. The fourth-order valence-corrected chi connectivity index (χ4v) is 3.74. The highest BCUT2D eigenvalue weighted by molar-refractivity contribution is 7.13. The Morgan fingerprint density at radius 2 is 2.21 bits per heavy atom. The van der Waals surface area contributed by atoms with Crippen LogP contribution in [0.25, 0.3) is 0 Å². The Bertz CT molecular complexity index is 573. The van der Waals surface area contributed by atoms with E-state index in [1.54, 1.807) is 0 Å². The van der Waals surface area contributed by atoms with E-state index < -0.39 is 6.04 Å². The lowest BCUT2D eigenvalue weighted by molar-refractivity contribution is -0.126. The maximum Gasteiger partial charge on any atom is 0.248 e. The van der Waals surface area contributed by atoms with Crippen molar-refractivity contribution in [1.29, 1.82) is 0 Å². The molecule has 0 spiro atoms. The average Bonchev–Trinajstić information content (AvgIpc) is 2.91. The Balaban J connectivity index is 1.92. The summed E-state index contributed by atoms with van der Waals surface area (Å²) in [4.78, 5) is 30.6. The molecule has 1 aliphatic rings. The number of thiazole rings is 1. The number of hydrogen-bond acceptors (Lipinski definition) is 5. The van der Waals surface area contributed by atoms with Crippen molar-refractivity contribution in [3.05, 3.63) is 11.1 Å². The van der Waals surface area contributed by atoms with Crippen LogP contribution in [0.2, 0.25) is 0 Å². The smallest absolute Gasteiger partial charge is 0.248 e. The van der Waals surface area contributed by atoms with Crippen LogP contribution in [0.4, 0.5) is 5.13 Å². The second-order valence-corrected chi connectivity index (χ2v) is 7.90. The van der Waals surface area contributed by atoms with Crippen LogP contribution >= 0.6 is 11.3 Å². The Labute approximate surface area is 148 Å². The molecule has 6 nitrogen and oxygen atoms in total. The number of carbonyl (C=O) groups excluding carboxylic acids is 2. The fraction of sp³-hybridized carbons (Fsp3) is 0.706. The van der Waals surface area contributed by atoms with Crippen molar-refractivity contribution in [2.24, 2.45) is 11.8 Å². The van der Waals surface area contributed by atoms with Gasteiger partial charge >= 0.3 is 0 Å². The van der Waals surface area contributed by atoms with Crippen molar-refractivity contribution in [3.8, 4) is 0 Å². The van der Waals surface area contributed by atoms with E-state index in [9.17, 15) is 9.59 Å². The Morgan fingerprint density at radius 1 is 1.46 bits per heavy atom. The maximum absolute atomic E-state index is 12.4. The van der Waals surface area contributed by atoms with Gasteiger partial charge in [-0.1, -0.05) is 20.8 Å². The molecule has 0 aromatic carbocycles. The zero-order valence-electron chi connectivity index (χ0n) is 15.0. The first kappa shape index (κ1) is 18.9. The van der Waals surface area contributed by atoms with E-state index in [0.29, 0.717) is 5.13 Å². The van der Waals surface area contributed by atoms with E-state index in [-0.39, 0.29) is 17.7 Å². The van der Waals surface area contributed by atoms with Crippen molar-refractivity contribution in [2.45, 2.75) is 53.1 Å². The molecule has 1 aromatic rings. The van der Waals surface area contributed by atoms with Crippen molar-refractivity contribution in [3.63, 3.8) is 0 Å². The first-order valence-corrected chi connectivity index (χ1v) is 9.48. The molecule has 2 atom stereocenters. The number of likely N-dealkylation sites (tertiary alicyclic amines) is 1. The average molecular weight is 353 g/mol. The molecule has 134 valence electrons. The Hall–Kier alpha value is -1.47. The number of nitrogens with zero attached hydrogens (tertiary/aromatic N) is 2. The molecule has 1 aliphatic heterocycles. The first-order chi connectivity index (χ1) is 11.3. The zero-order valence-corrected chi connectivity index (χ0v) is 15.8. The third-order valence-corrected chi connectivity index (χ3v) is 5.02. The molecule has 1 saturated heterocycles. The number of hydrogen-bond donors (Lipinski definition) is 2. The standard InChI is InChI=1S/C17H28N4O2S/c1-11(2)15(18-13(4)22)16(23)20-17-19-14(10-24-17)9-21-7-5-6-12(3)8-21/h10-12,15H,5-9H2,1-4H3,(H,18,22)(H,19,20,23)/t12-,15-/m1/s1. The fourth-order valence-electron chi connectivity index (χ4n) is 3.03. The van der Waals surface area contributed by atoms with Crippen molar-refractivity contribution in [1.82, 2.24) is 15.2 Å². The zero-order chi connectivity index (χ0) is 17.7. The van der Waals surface area contributed by atoms with E-state index in [1.165, 1.54) is 31.1 Å². The third-order valence-electron chi connectivity index (χ3n) is 4.22. The summed E-state index contributed by atoms with van der Waals surface area (Å²) in [6.45, 7) is 10.6. The molecule has 2 amide bonds. The summed E-state index contributed by atoms with van der Waals surface area (Å²) in [7, 11) is 0. The summed E-state index contributed by atoms with van der Waals surface area (Å²) in [6.07, 6.45) is 2.54. The SMILES string of the molecule is CC(=O)N[C@@H](C(=O)Nc1nc(CN2CCC[C@@H](C)C2)cs1)C(C)C. The van der Waals surface area contributed by atoms with Gasteiger partial charge in [0.1, 0.15) is 6.04 Å². The lowest BCUT2D eigenvalue weighted by Crippen LogP contribution is -2.46. The predicted octanol–water partition coefficient (Wildman–Crippen LogP) is 2.47. The lowest BCUT2D eigenvalue weighted by atomic mass is 10.0. The molecule has 0 aliphatic carbocycles. The number of amides is 2. The van der Waals surface area contributed by atoms with Crippen LogP contribution in [0.5, 0.6) is 0 Å². The van der Waals surface area contributed by atoms with E-state index in [1.807, 2.05) is 19.2 Å². The quantitative estimate of drug-likeness (QED) is 0.825. The van der Waals surface area contributed by atoms with E-state index >= 15 is 0 Å². The summed E-state index contributed by atoms with van der Waals surface area (Å²) in [5.74, 6) is 0.333. The highest BCUT2D eigenvalue weighted by Gasteiger charge is 2.24. The van der Waals surface area contributed by atoms with Crippen LogP contribution in [-0.4, -0.2) is 40.8 Å². The molecule has 2 rings (SSSR count). The molecule has 24 heavy (non-hydrogen) atoms. The third kappa shape index (κ3) is 5.56. The van der Waals surface area contributed by atoms with Gasteiger partial charge in [0.2, 0.25) is 11.8 Å². The van der Waals surface area contributed by atoms with Crippen LogP contribution in [0.3, 0.4) is 0 Å². The second kappa shape index (κ2) is 8.58. The molecule has 0 saturated carbocycles. The highest BCUT2D eigenvalue weighted by atomic mass is 32.1. The molecule has 0 unspecified atom stereocenters. The molecule has 0 bridgehead atoms. The summed E-state index contributed by atoms with van der Waals surface area (Å²) >= 11 is 1.43. The maximum atomic E-state index is 12.4. The monoisotopic (exact) mass is 352 g/mol. The first-order valence-electron chi connectivity index (χ1n) is 8.60. The molecular formula is C17H28N4O2S. The Morgan fingerprint density at radius 3 is 2.83 bits per heavy atom. The minimum atomic E-state index is -0.544. The highest BCUT2D eigenvalue weighted by Crippen LogP contribution is 2.21. The number of anilines is 1. The lowest BCUT2D eigenvalue weighted by Gasteiger charge is -2.30. The molecule has 2 heterocycles. The van der Waals surface area contributed by atoms with Crippen molar-refractivity contribution >= 4 is 28.3 Å². The van der Waals surface area contributed by atoms with Gasteiger partial charge < -0.3 is 10.6 Å². The predicted molar refractivity (Wildman–Crippen MR) is 96.9 cm³/mol. The van der Waals surface area contributed by atoms with Crippen molar-refractivity contribution < 1.29 is 9.59 Å². The summed E-state index contributed by atoms with van der Waals surface area (Å²) in [5.41, 5.74) is 0.991. The van der Waals surface area contributed by atoms with E-state index in [2.05, 4.69) is 27.4 Å². The number of carbonyl (C=O) groups is 2. The molecule has 0 radical (unpaired) electrons. The molecule has 1 aromatic heterocycles. The van der Waals surface area contributed by atoms with Crippen LogP contribution in [0, 0.1) is 11.8 Å². The summed E-state index contributed by atoms with van der Waals surface area (Å²) < 4.78 is 0. The van der Waals surface area contributed by atoms with Gasteiger partial charge in [0.05, 0.1) is 5.69 Å². The minimum absolute atomic E-state index is 0.0168. The van der Waals surface area contributed by atoms with Gasteiger partial charge in [-0.3, -0.25) is 14.5 Å². The van der Waals surface area contributed by atoms with Gasteiger partial charge in [-0.05, 0) is 31.2 Å². The van der Waals surface area contributed by atoms with Gasteiger partial charge in [0, 0.05) is 25.4 Å². The normalized spacial score (nSPS) is 20.0. The molecule has 7 heteroatoms. The number of nitrogens with one attached hydrogen (secondary N) is 2. The number of piperidine rings is 1. The van der Waals surface area contributed by atoms with Crippen LogP contribution in [-0.2, 0) is 16.1 Å². The Kier molecular flexibility index (Phi) is 6.74. The number of rotatable bonds is 6. The van der Waals surface area contributed by atoms with Crippen LogP contribution in [0.15, 0.2) is 5.38 Å². The van der Waals surface area contributed by atoms with Crippen LogP contribution in [0.1, 0.15) is 46.2 Å². The minimum Gasteiger partial charge on any atom is -0.344 e. The molecule has 2 N–H and O–H groups in total. The van der Waals surface area contributed by atoms with Gasteiger partial charge in [0.15, 0.2) is 5.13 Å². The van der Waals surface area contributed by atoms with E-state index in [0.717, 1.165) is 31.2 Å². The molecule has 1 fully saturated rings. The molecular weight excluding hydrogens is 324 g/mol.